The second kappa shape index (κ2) is 6.41. The summed E-state index contributed by atoms with van der Waals surface area (Å²) in [6.45, 7) is 1.91. The van der Waals surface area contributed by atoms with Crippen LogP contribution in [-0.4, -0.2) is 48.9 Å². The summed E-state index contributed by atoms with van der Waals surface area (Å²) in [5, 5.41) is 2.84. The van der Waals surface area contributed by atoms with E-state index in [2.05, 4.69) is 5.32 Å². The molecule has 1 aliphatic heterocycles. The van der Waals surface area contributed by atoms with Gasteiger partial charge < -0.3 is 15.1 Å². The lowest BCUT2D eigenvalue weighted by molar-refractivity contribution is -0.128. The molecule has 0 bridgehead atoms. The van der Waals surface area contributed by atoms with Crippen molar-refractivity contribution in [2.24, 2.45) is 5.92 Å². The lowest BCUT2D eigenvalue weighted by Gasteiger charge is -2.18. The Morgan fingerprint density at radius 3 is 2.70 bits per heavy atom. The zero-order valence-electron chi connectivity index (χ0n) is 12.0. The molecule has 1 saturated heterocycles. The number of carbonyl (C=O) groups is 2. The van der Waals surface area contributed by atoms with Crippen molar-refractivity contribution in [2.45, 2.75) is 13.0 Å². The first-order chi connectivity index (χ1) is 9.56. The monoisotopic (exact) mass is 275 g/mol. The standard InChI is InChI=1S/C15H21N3O2/c1-17(2)15(20)16-9-13-8-14(19)18(11-13)10-12-6-4-3-5-7-12/h3-7,13H,8-11H2,1-2H3,(H,16,20). The summed E-state index contributed by atoms with van der Waals surface area (Å²) in [6, 6.07) is 9.85. The van der Waals surface area contributed by atoms with E-state index in [0.717, 1.165) is 5.56 Å². The Morgan fingerprint density at radius 2 is 2.05 bits per heavy atom. The molecule has 1 aliphatic rings. The number of amides is 3. The van der Waals surface area contributed by atoms with Crippen LogP contribution in [0.4, 0.5) is 4.79 Å². The number of urea groups is 1. The lowest BCUT2D eigenvalue weighted by Crippen LogP contribution is -2.38. The molecule has 1 N–H and O–H groups in total. The molecule has 1 heterocycles. The molecule has 0 aromatic heterocycles. The topological polar surface area (TPSA) is 52.7 Å². The van der Waals surface area contributed by atoms with Crippen LogP contribution >= 0.6 is 0 Å². The highest BCUT2D eigenvalue weighted by Gasteiger charge is 2.29. The van der Waals surface area contributed by atoms with Gasteiger partial charge in [0.05, 0.1) is 0 Å². The van der Waals surface area contributed by atoms with Crippen molar-refractivity contribution in [3.05, 3.63) is 35.9 Å². The minimum absolute atomic E-state index is 0.112. The second-order valence-electron chi connectivity index (χ2n) is 5.41. The molecule has 20 heavy (non-hydrogen) atoms. The summed E-state index contributed by atoms with van der Waals surface area (Å²) in [5.74, 6) is 0.369. The predicted molar refractivity (Wildman–Crippen MR) is 77.1 cm³/mol. The number of carbonyl (C=O) groups excluding carboxylic acids is 2. The molecule has 1 aromatic rings. The molecule has 5 nitrogen and oxygen atoms in total. The van der Waals surface area contributed by atoms with Crippen LogP contribution in [0.1, 0.15) is 12.0 Å². The molecule has 1 unspecified atom stereocenters. The van der Waals surface area contributed by atoms with Crippen LogP contribution in [0.15, 0.2) is 30.3 Å². The van der Waals surface area contributed by atoms with Gasteiger partial charge in [-0.2, -0.15) is 0 Å². The minimum Gasteiger partial charge on any atom is -0.338 e. The molecule has 108 valence electrons. The molecule has 1 fully saturated rings. The van der Waals surface area contributed by atoms with Gasteiger partial charge in [0.25, 0.3) is 0 Å². The fourth-order valence-corrected chi connectivity index (χ4v) is 2.34. The highest BCUT2D eigenvalue weighted by molar-refractivity contribution is 5.79. The van der Waals surface area contributed by atoms with E-state index in [0.29, 0.717) is 26.1 Å². The molecule has 0 saturated carbocycles. The Balaban J connectivity index is 1.83. The van der Waals surface area contributed by atoms with Crippen LogP contribution in [0, 0.1) is 5.92 Å². The fraction of sp³-hybridized carbons (Fsp3) is 0.467. The van der Waals surface area contributed by atoms with Crippen LogP contribution in [-0.2, 0) is 11.3 Å². The van der Waals surface area contributed by atoms with Crippen molar-refractivity contribution in [3.63, 3.8) is 0 Å². The maximum Gasteiger partial charge on any atom is 0.316 e. The molecule has 1 aromatic carbocycles. The third kappa shape index (κ3) is 3.73. The molecular weight excluding hydrogens is 254 g/mol. The van der Waals surface area contributed by atoms with E-state index in [4.69, 9.17) is 0 Å². The van der Waals surface area contributed by atoms with Crippen LogP contribution in [0.3, 0.4) is 0 Å². The van der Waals surface area contributed by atoms with Gasteiger partial charge in [-0.05, 0) is 5.56 Å². The van der Waals surface area contributed by atoms with Crippen molar-refractivity contribution in [3.8, 4) is 0 Å². The van der Waals surface area contributed by atoms with E-state index in [1.54, 1.807) is 14.1 Å². The second-order valence-corrected chi connectivity index (χ2v) is 5.41. The Morgan fingerprint density at radius 1 is 1.35 bits per heavy atom. The van der Waals surface area contributed by atoms with E-state index in [9.17, 15) is 9.59 Å². The smallest absolute Gasteiger partial charge is 0.316 e. The number of likely N-dealkylation sites (tertiary alicyclic amines) is 1. The Labute approximate surface area is 119 Å². The van der Waals surface area contributed by atoms with Crippen LogP contribution < -0.4 is 5.32 Å². The number of nitrogens with one attached hydrogen (secondary N) is 1. The average Bonchev–Trinajstić information content (AvgIpc) is 2.77. The fourth-order valence-electron chi connectivity index (χ4n) is 2.34. The van der Waals surface area contributed by atoms with Gasteiger partial charge in [0.1, 0.15) is 0 Å². The zero-order chi connectivity index (χ0) is 14.5. The average molecular weight is 275 g/mol. The van der Waals surface area contributed by atoms with Crippen LogP contribution in [0.5, 0.6) is 0 Å². The van der Waals surface area contributed by atoms with Gasteiger partial charge in [-0.1, -0.05) is 30.3 Å². The summed E-state index contributed by atoms with van der Waals surface area (Å²) in [4.78, 5) is 26.8. The molecular formula is C15H21N3O2. The number of benzene rings is 1. The molecule has 0 aliphatic carbocycles. The SMILES string of the molecule is CN(C)C(=O)NCC1CC(=O)N(Cc2ccccc2)C1. The zero-order valence-corrected chi connectivity index (χ0v) is 12.0. The first-order valence-electron chi connectivity index (χ1n) is 6.83. The van der Waals surface area contributed by atoms with Crippen molar-refractivity contribution < 1.29 is 9.59 Å². The molecule has 5 heteroatoms. The largest absolute Gasteiger partial charge is 0.338 e. The van der Waals surface area contributed by atoms with Gasteiger partial charge in [0.15, 0.2) is 0 Å². The van der Waals surface area contributed by atoms with Gasteiger partial charge in [0.2, 0.25) is 5.91 Å². The highest BCUT2D eigenvalue weighted by atomic mass is 16.2. The summed E-state index contributed by atoms with van der Waals surface area (Å²) >= 11 is 0. The third-order valence-electron chi connectivity index (χ3n) is 3.46. The summed E-state index contributed by atoms with van der Waals surface area (Å²) in [7, 11) is 3.41. The van der Waals surface area contributed by atoms with E-state index < -0.39 is 0 Å². The van der Waals surface area contributed by atoms with Crippen molar-refractivity contribution in [1.82, 2.24) is 15.1 Å². The number of hydrogen-bond acceptors (Lipinski definition) is 2. The first-order valence-corrected chi connectivity index (χ1v) is 6.83. The summed E-state index contributed by atoms with van der Waals surface area (Å²) < 4.78 is 0. The molecule has 3 amide bonds. The Bertz CT molecular complexity index is 473. The van der Waals surface area contributed by atoms with Gasteiger partial charge >= 0.3 is 6.03 Å². The Kier molecular flexibility index (Phi) is 4.61. The molecule has 2 rings (SSSR count). The quantitative estimate of drug-likeness (QED) is 0.900. The molecule has 0 radical (unpaired) electrons. The summed E-state index contributed by atoms with van der Waals surface area (Å²) in [6.07, 6.45) is 0.514. The van der Waals surface area contributed by atoms with Gasteiger partial charge in [-0.25, -0.2) is 4.79 Å². The van der Waals surface area contributed by atoms with Crippen molar-refractivity contribution in [2.75, 3.05) is 27.2 Å². The van der Waals surface area contributed by atoms with E-state index in [1.807, 2.05) is 35.2 Å². The van der Waals surface area contributed by atoms with E-state index in [-0.39, 0.29) is 17.9 Å². The van der Waals surface area contributed by atoms with E-state index in [1.165, 1.54) is 4.90 Å². The highest BCUT2D eigenvalue weighted by Crippen LogP contribution is 2.19. The van der Waals surface area contributed by atoms with Crippen molar-refractivity contribution >= 4 is 11.9 Å². The predicted octanol–water partition coefficient (Wildman–Crippen LogP) is 1.31. The molecule has 1 atom stereocenters. The van der Waals surface area contributed by atoms with Gasteiger partial charge in [0, 0.05) is 46.1 Å². The Hall–Kier alpha value is -2.04. The van der Waals surface area contributed by atoms with E-state index >= 15 is 0 Å². The van der Waals surface area contributed by atoms with Gasteiger partial charge in [-0.3, -0.25) is 4.79 Å². The van der Waals surface area contributed by atoms with Crippen molar-refractivity contribution in [1.29, 1.82) is 0 Å². The third-order valence-corrected chi connectivity index (χ3v) is 3.46. The number of nitrogens with zero attached hydrogens (tertiary/aromatic N) is 2. The number of rotatable bonds is 4. The summed E-state index contributed by atoms with van der Waals surface area (Å²) in [5.41, 5.74) is 1.14. The molecule has 0 spiro atoms. The van der Waals surface area contributed by atoms with Crippen LogP contribution in [0.2, 0.25) is 0 Å². The maximum atomic E-state index is 12.0. The van der Waals surface area contributed by atoms with Gasteiger partial charge in [-0.15, -0.1) is 0 Å². The first kappa shape index (κ1) is 14.4. The van der Waals surface area contributed by atoms with Crippen LogP contribution in [0.25, 0.3) is 0 Å². The lowest BCUT2D eigenvalue weighted by atomic mass is 10.1. The normalized spacial score (nSPS) is 18.2. The maximum absolute atomic E-state index is 12.0. The minimum atomic E-state index is -0.112. The number of hydrogen-bond donors (Lipinski definition) is 1.